The summed E-state index contributed by atoms with van der Waals surface area (Å²) in [5.41, 5.74) is 0. The first-order chi connectivity index (χ1) is 31.0. The van der Waals surface area contributed by atoms with Crippen molar-refractivity contribution in [2.24, 2.45) is 0 Å². The lowest BCUT2D eigenvalue weighted by Crippen LogP contribution is -2.60. The predicted molar refractivity (Wildman–Crippen MR) is 256 cm³/mol. The monoisotopic (exact) mass is 925 g/mol. The summed E-state index contributed by atoms with van der Waals surface area (Å²) in [6, 6.07) is 0. The van der Waals surface area contributed by atoms with E-state index in [-0.39, 0.29) is 19.4 Å². The molecule has 0 spiro atoms. The highest BCUT2D eigenvalue weighted by Crippen LogP contribution is 2.24. The Hall–Kier alpha value is -2.65. The van der Waals surface area contributed by atoms with Gasteiger partial charge in [0.2, 0.25) is 0 Å². The van der Waals surface area contributed by atoms with E-state index in [1.807, 2.05) is 0 Å². The van der Waals surface area contributed by atoms with Crippen LogP contribution in [-0.2, 0) is 38.7 Å². The normalized spacial score (nSPS) is 20.1. The zero-order chi connectivity index (χ0) is 46.9. The Labute approximate surface area is 387 Å². The summed E-state index contributed by atoms with van der Waals surface area (Å²) in [5.74, 6) is -2.04. The largest absolute Gasteiger partial charge is 0.462 e. The first kappa shape index (κ1) is 59.4. The number of hydrogen-bond acceptors (Lipinski definition) is 11. The molecule has 1 aliphatic rings. The maximum absolute atomic E-state index is 12.8. The van der Waals surface area contributed by atoms with Crippen LogP contribution in [-0.4, -0.2) is 96.0 Å². The minimum absolute atomic E-state index is 0.110. The second-order valence-electron chi connectivity index (χ2n) is 17.1. The van der Waals surface area contributed by atoms with Crippen molar-refractivity contribution >= 4 is 22.1 Å². The molecule has 0 amide bonds. The van der Waals surface area contributed by atoms with Gasteiger partial charge in [0.1, 0.15) is 36.8 Å². The molecule has 0 aliphatic carbocycles. The molecule has 6 atom stereocenters. The van der Waals surface area contributed by atoms with Crippen LogP contribution in [0.5, 0.6) is 0 Å². The van der Waals surface area contributed by atoms with Crippen LogP contribution in [0.25, 0.3) is 0 Å². The molecule has 0 bridgehead atoms. The lowest BCUT2D eigenvalue weighted by atomic mass is 10.00. The van der Waals surface area contributed by atoms with E-state index in [4.69, 9.17) is 18.9 Å². The molecule has 0 radical (unpaired) electrons. The third-order valence-corrected chi connectivity index (χ3v) is 11.8. The SMILES string of the molecule is CC/C=C/C/C=C/C/C=C/C/C=C/CCCCC(=O)O[C@H](COC(=O)CCCCCCCCCCCCC/C=C/CCCCCCCC)CO[C@H]1O[C@H](CS(=O)(=O)O)[C@@H](O)C(O)C1O. The molecule has 1 rings (SSSR count). The summed E-state index contributed by atoms with van der Waals surface area (Å²) in [6.45, 7) is 3.62. The molecule has 1 fully saturated rings. The second-order valence-corrected chi connectivity index (χ2v) is 18.6. The fourth-order valence-corrected chi connectivity index (χ4v) is 7.94. The van der Waals surface area contributed by atoms with Crippen LogP contribution in [0.2, 0.25) is 0 Å². The number of hydrogen-bond donors (Lipinski definition) is 4. The summed E-state index contributed by atoms with van der Waals surface area (Å²) in [4.78, 5) is 25.5. The molecule has 64 heavy (non-hydrogen) atoms. The third kappa shape index (κ3) is 34.7. The van der Waals surface area contributed by atoms with E-state index < -0.39 is 71.2 Å². The van der Waals surface area contributed by atoms with E-state index in [1.54, 1.807) is 0 Å². The first-order valence-electron chi connectivity index (χ1n) is 24.8. The fourth-order valence-electron chi connectivity index (χ4n) is 7.25. The van der Waals surface area contributed by atoms with E-state index in [0.29, 0.717) is 12.8 Å². The molecule has 0 aromatic carbocycles. The molecule has 0 aromatic heterocycles. The van der Waals surface area contributed by atoms with Gasteiger partial charge in [-0.15, -0.1) is 0 Å². The van der Waals surface area contributed by atoms with Crippen molar-refractivity contribution in [3.05, 3.63) is 60.8 Å². The minimum atomic E-state index is -4.61. The number of esters is 2. The Balaban J connectivity index is 2.39. The van der Waals surface area contributed by atoms with Crippen molar-refractivity contribution in [2.75, 3.05) is 19.0 Å². The van der Waals surface area contributed by atoms with Crippen molar-refractivity contribution < 1.29 is 56.8 Å². The van der Waals surface area contributed by atoms with Gasteiger partial charge in [0.05, 0.1) is 6.61 Å². The van der Waals surface area contributed by atoms with Gasteiger partial charge in [-0.25, -0.2) is 0 Å². The topological polar surface area (TPSA) is 186 Å². The molecule has 2 unspecified atom stereocenters. The second kappa shape index (κ2) is 40.6. The van der Waals surface area contributed by atoms with Gasteiger partial charge in [-0.1, -0.05) is 164 Å². The Bertz CT molecular complexity index is 1410. The van der Waals surface area contributed by atoms with Crippen LogP contribution in [0.3, 0.4) is 0 Å². The number of rotatable bonds is 41. The number of ether oxygens (including phenoxy) is 4. The number of unbranched alkanes of at least 4 members (excludes halogenated alkanes) is 19. The Morgan fingerprint density at radius 3 is 1.52 bits per heavy atom. The molecule has 4 N–H and O–H groups in total. The highest BCUT2D eigenvalue weighted by atomic mass is 32.2. The number of aliphatic hydroxyl groups is 3. The van der Waals surface area contributed by atoms with E-state index in [1.165, 1.54) is 96.3 Å². The van der Waals surface area contributed by atoms with Gasteiger partial charge in [-0.05, 0) is 77.0 Å². The van der Waals surface area contributed by atoms with Crippen molar-refractivity contribution in [3.63, 3.8) is 0 Å². The number of carbonyl (C=O) groups excluding carboxylic acids is 2. The van der Waals surface area contributed by atoms with Crippen molar-refractivity contribution in [1.29, 1.82) is 0 Å². The molecular formula is C51H88O12S. The van der Waals surface area contributed by atoms with E-state index >= 15 is 0 Å². The van der Waals surface area contributed by atoms with Crippen LogP contribution in [0.15, 0.2) is 60.8 Å². The van der Waals surface area contributed by atoms with Gasteiger partial charge in [-0.2, -0.15) is 8.42 Å². The maximum Gasteiger partial charge on any atom is 0.306 e. The molecule has 370 valence electrons. The molecular weight excluding hydrogens is 837 g/mol. The quantitative estimate of drug-likeness (QED) is 0.0197. The average Bonchev–Trinajstić information content (AvgIpc) is 3.26. The summed E-state index contributed by atoms with van der Waals surface area (Å²) in [5, 5.41) is 30.9. The van der Waals surface area contributed by atoms with Gasteiger partial charge < -0.3 is 34.3 Å². The lowest BCUT2D eigenvalue weighted by molar-refractivity contribution is -0.297. The predicted octanol–water partition coefficient (Wildman–Crippen LogP) is 10.9. The highest BCUT2D eigenvalue weighted by molar-refractivity contribution is 7.85. The van der Waals surface area contributed by atoms with Gasteiger partial charge in [-0.3, -0.25) is 14.1 Å². The third-order valence-electron chi connectivity index (χ3n) is 11.1. The van der Waals surface area contributed by atoms with Crippen LogP contribution >= 0.6 is 0 Å². The molecule has 1 saturated heterocycles. The Morgan fingerprint density at radius 1 is 0.547 bits per heavy atom. The van der Waals surface area contributed by atoms with Gasteiger partial charge in [0.15, 0.2) is 12.4 Å². The molecule has 13 heteroatoms. The van der Waals surface area contributed by atoms with Gasteiger partial charge >= 0.3 is 11.9 Å². The maximum atomic E-state index is 12.8. The first-order valence-corrected chi connectivity index (χ1v) is 26.5. The van der Waals surface area contributed by atoms with Crippen LogP contribution in [0.4, 0.5) is 0 Å². The van der Waals surface area contributed by atoms with Gasteiger partial charge in [0, 0.05) is 12.8 Å². The molecule has 0 saturated carbocycles. The Morgan fingerprint density at radius 2 is 0.984 bits per heavy atom. The number of aliphatic hydroxyl groups excluding tert-OH is 3. The van der Waals surface area contributed by atoms with Crippen molar-refractivity contribution in [3.8, 4) is 0 Å². The van der Waals surface area contributed by atoms with E-state index in [9.17, 15) is 37.9 Å². The Kier molecular flexibility index (Phi) is 37.7. The van der Waals surface area contributed by atoms with Crippen molar-refractivity contribution in [2.45, 2.75) is 230 Å². The molecule has 1 aliphatic heterocycles. The van der Waals surface area contributed by atoms with Crippen LogP contribution < -0.4 is 0 Å². The lowest BCUT2D eigenvalue weighted by Gasteiger charge is -2.40. The zero-order valence-electron chi connectivity index (χ0n) is 39.6. The van der Waals surface area contributed by atoms with E-state index in [2.05, 4.69) is 74.6 Å². The van der Waals surface area contributed by atoms with E-state index in [0.717, 1.165) is 57.8 Å². The fraction of sp³-hybridized carbons (Fsp3) is 0.765. The highest BCUT2D eigenvalue weighted by Gasteiger charge is 2.46. The number of allylic oxidation sites excluding steroid dienone is 10. The summed E-state index contributed by atoms with van der Waals surface area (Å²) in [6.07, 6.45) is 41.3. The number of carbonyl (C=O) groups is 2. The average molecular weight is 925 g/mol. The molecule has 0 aromatic rings. The van der Waals surface area contributed by atoms with Crippen LogP contribution in [0.1, 0.15) is 194 Å². The molecule has 1 heterocycles. The standard InChI is InChI=1S/C51H88O12S/c1-3-5-7-9-11-13-15-17-19-20-21-22-23-24-26-27-29-31-33-35-37-39-46(52)60-41-44(42-61-51-50(56)49(55)48(54)45(63-51)43-64(57,58)59)62-47(53)40-38-36-34-32-30-28-25-18-16-14-12-10-8-6-4-2/h6,8,12,14,17-19,25,30,32,44-45,48-51,54-56H,3-5,7,9-11,13,15-16,20-24,26-29,31,33-43H2,1-2H3,(H,57,58,59)/b8-6+,14-12+,19-17+,25-18+,32-30+/t44-,45-,48-,49?,50?,51+/m1/s1. The zero-order valence-corrected chi connectivity index (χ0v) is 40.4. The summed E-state index contributed by atoms with van der Waals surface area (Å²) in [7, 11) is -4.61. The summed E-state index contributed by atoms with van der Waals surface area (Å²) < 4.78 is 54.1. The molecule has 12 nitrogen and oxygen atoms in total. The minimum Gasteiger partial charge on any atom is -0.462 e. The van der Waals surface area contributed by atoms with Crippen molar-refractivity contribution in [1.82, 2.24) is 0 Å². The van der Waals surface area contributed by atoms with Gasteiger partial charge in [0.25, 0.3) is 10.1 Å². The smallest absolute Gasteiger partial charge is 0.306 e. The summed E-state index contributed by atoms with van der Waals surface area (Å²) >= 11 is 0. The van der Waals surface area contributed by atoms with Crippen LogP contribution in [0, 0.1) is 0 Å².